The maximum absolute atomic E-state index is 5.91. The van der Waals surface area contributed by atoms with E-state index < -0.39 is 0 Å². The summed E-state index contributed by atoms with van der Waals surface area (Å²) in [6.07, 6.45) is 4.00. The summed E-state index contributed by atoms with van der Waals surface area (Å²) in [4.78, 5) is 0. The molecule has 1 saturated carbocycles. The number of hydrogen-bond donors (Lipinski definition) is 1. The van der Waals surface area contributed by atoms with Gasteiger partial charge < -0.3 is 9.73 Å². The average Bonchev–Trinajstić information content (AvgIpc) is 2.96. The van der Waals surface area contributed by atoms with E-state index in [0.717, 1.165) is 17.3 Å². The van der Waals surface area contributed by atoms with Crippen LogP contribution in [-0.4, -0.2) is 6.04 Å². The molecule has 1 aliphatic rings. The minimum absolute atomic E-state index is 0.294. The van der Waals surface area contributed by atoms with Crippen molar-refractivity contribution < 1.29 is 4.42 Å². The van der Waals surface area contributed by atoms with Crippen LogP contribution < -0.4 is 5.32 Å². The van der Waals surface area contributed by atoms with E-state index in [1.165, 1.54) is 24.6 Å². The monoisotopic (exact) mass is 243 g/mol. The Bertz CT molecular complexity index is 498. The maximum atomic E-state index is 5.91. The number of rotatable bonds is 3. The number of furan rings is 1. The average molecular weight is 243 g/mol. The van der Waals surface area contributed by atoms with Crippen LogP contribution in [0.3, 0.4) is 0 Å². The van der Waals surface area contributed by atoms with E-state index in [1.807, 2.05) is 12.1 Å². The molecule has 1 N–H and O–H groups in total. The molecule has 3 unspecified atom stereocenters. The van der Waals surface area contributed by atoms with Crippen LogP contribution in [0.2, 0.25) is 0 Å². The summed E-state index contributed by atoms with van der Waals surface area (Å²) in [5, 5.41) is 4.91. The van der Waals surface area contributed by atoms with Crippen LogP contribution in [-0.2, 0) is 0 Å². The van der Waals surface area contributed by atoms with Crippen LogP contribution >= 0.6 is 0 Å². The van der Waals surface area contributed by atoms with Crippen molar-refractivity contribution in [2.75, 3.05) is 0 Å². The van der Waals surface area contributed by atoms with Crippen molar-refractivity contribution in [1.82, 2.24) is 5.32 Å². The summed E-state index contributed by atoms with van der Waals surface area (Å²) in [6, 6.07) is 11.3. The van der Waals surface area contributed by atoms with Crippen molar-refractivity contribution in [2.24, 2.45) is 5.92 Å². The van der Waals surface area contributed by atoms with Gasteiger partial charge >= 0.3 is 0 Å². The first-order valence-corrected chi connectivity index (χ1v) is 6.98. The molecule has 0 amide bonds. The second kappa shape index (κ2) is 4.77. The normalized spacial score (nSPS) is 25.7. The van der Waals surface area contributed by atoms with Gasteiger partial charge in [-0.25, -0.2) is 0 Å². The Morgan fingerprint density at radius 3 is 2.83 bits per heavy atom. The van der Waals surface area contributed by atoms with Crippen LogP contribution in [0.25, 0.3) is 11.0 Å². The lowest BCUT2D eigenvalue weighted by Crippen LogP contribution is -2.33. The van der Waals surface area contributed by atoms with E-state index >= 15 is 0 Å². The molecule has 0 saturated heterocycles. The maximum Gasteiger partial charge on any atom is 0.134 e. The zero-order chi connectivity index (χ0) is 12.5. The summed E-state index contributed by atoms with van der Waals surface area (Å²) in [6.45, 7) is 4.54. The largest absolute Gasteiger partial charge is 0.459 e. The Morgan fingerprint density at radius 2 is 2.11 bits per heavy atom. The number of nitrogens with one attached hydrogen (secondary N) is 1. The first-order chi connectivity index (χ1) is 8.74. The molecule has 1 aliphatic carbocycles. The van der Waals surface area contributed by atoms with E-state index in [1.54, 1.807) is 0 Å². The minimum Gasteiger partial charge on any atom is -0.459 e. The summed E-state index contributed by atoms with van der Waals surface area (Å²) in [5.41, 5.74) is 0.987. The molecule has 3 atom stereocenters. The van der Waals surface area contributed by atoms with Gasteiger partial charge in [0.15, 0.2) is 0 Å². The van der Waals surface area contributed by atoms with Crippen LogP contribution in [0.4, 0.5) is 0 Å². The molecule has 0 spiro atoms. The fourth-order valence-electron chi connectivity index (χ4n) is 3.01. The first-order valence-electron chi connectivity index (χ1n) is 6.98. The molecule has 0 bridgehead atoms. The van der Waals surface area contributed by atoms with Gasteiger partial charge in [0.25, 0.3) is 0 Å². The number of fused-ring (bicyclic) bond motifs is 1. The van der Waals surface area contributed by atoms with E-state index in [0.29, 0.717) is 12.1 Å². The highest BCUT2D eigenvalue weighted by Gasteiger charge is 2.25. The quantitative estimate of drug-likeness (QED) is 0.870. The van der Waals surface area contributed by atoms with E-state index in [4.69, 9.17) is 4.42 Å². The number of para-hydroxylation sites is 1. The second-order valence-corrected chi connectivity index (χ2v) is 5.59. The van der Waals surface area contributed by atoms with Gasteiger partial charge in [-0.1, -0.05) is 31.5 Å². The fourth-order valence-corrected chi connectivity index (χ4v) is 3.01. The van der Waals surface area contributed by atoms with Crippen molar-refractivity contribution in [3.05, 3.63) is 36.1 Å². The van der Waals surface area contributed by atoms with Crippen molar-refractivity contribution in [1.29, 1.82) is 0 Å². The molecule has 2 aromatic rings. The highest BCUT2D eigenvalue weighted by Crippen LogP contribution is 2.29. The van der Waals surface area contributed by atoms with Gasteiger partial charge in [0.1, 0.15) is 11.3 Å². The Kier molecular flexibility index (Phi) is 3.13. The predicted octanol–water partition coefficient (Wildman–Crippen LogP) is 4.27. The molecule has 96 valence electrons. The van der Waals surface area contributed by atoms with E-state index in [2.05, 4.69) is 37.4 Å². The van der Waals surface area contributed by atoms with Gasteiger partial charge in [0.05, 0.1) is 6.04 Å². The Hall–Kier alpha value is -1.28. The Balaban J connectivity index is 1.77. The van der Waals surface area contributed by atoms with Gasteiger partial charge in [0.2, 0.25) is 0 Å². The molecule has 3 rings (SSSR count). The van der Waals surface area contributed by atoms with Crippen LogP contribution in [0, 0.1) is 5.92 Å². The molecule has 18 heavy (non-hydrogen) atoms. The van der Waals surface area contributed by atoms with Crippen molar-refractivity contribution in [3.8, 4) is 0 Å². The zero-order valence-electron chi connectivity index (χ0n) is 11.1. The predicted molar refractivity (Wildman–Crippen MR) is 74.6 cm³/mol. The van der Waals surface area contributed by atoms with Crippen molar-refractivity contribution in [3.63, 3.8) is 0 Å². The molecular formula is C16H21NO. The van der Waals surface area contributed by atoms with Crippen LogP contribution in [0.1, 0.15) is 44.9 Å². The molecular weight excluding hydrogens is 222 g/mol. The molecule has 1 aromatic carbocycles. The minimum atomic E-state index is 0.294. The third-order valence-electron chi connectivity index (χ3n) is 4.20. The Morgan fingerprint density at radius 1 is 1.28 bits per heavy atom. The first kappa shape index (κ1) is 11.8. The summed E-state index contributed by atoms with van der Waals surface area (Å²) in [5.74, 6) is 1.84. The molecule has 0 radical (unpaired) electrons. The lowest BCUT2D eigenvalue weighted by molar-refractivity contribution is 0.357. The van der Waals surface area contributed by atoms with Gasteiger partial charge in [-0.15, -0.1) is 0 Å². The van der Waals surface area contributed by atoms with Gasteiger partial charge in [-0.3, -0.25) is 0 Å². The number of benzene rings is 1. The van der Waals surface area contributed by atoms with Crippen LogP contribution in [0.5, 0.6) is 0 Å². The SMILES string of the molecule is CC(NC1CCCC1C)c1cc2ccccc2o1. The van der Waals surface area contributed by atoms with Crippen LogP contribution in [0.15, 0.2) is 34.7 Å². The van der Waals surface area contributed by atoms with Gasteiger partial charge in [0, 0.05) is 11.4 Å². The molecule has 2 nitrogen and oxygen atoms in total. The van der Waals surface area contributed by atoms with Gasteiger partial charge in [-0.05, 0) is 37.8 Å². The Labute approximate surface area is 108 Å². The highest BCUT2D eigenvalue weighted by atomic mass is 16.3. The second-order valence-electron chi connectivity index (χ2n) is 5.59. The lowest BCUT2D eigenvalue weighted by atomic mass is 10.1. The zero-order valence-corrected chi connectivity index (χ0v) is 11.1. The topological polar surface area (TPSA) is 25.2 Å². The standard InChI is InChI=1S/C16H21NO/c1-11-6-5-8-14(11)17-12(2)16-10-13-7-3-4-9-15(13)18-16/h3-4,7,9-12,14,17H,5-6,8H2,1-2H3. The summed E-state index contributed by atoms with van der Waals surface area (Å²) in [7, 11) is 0. The molecule has 1 aromatic heterocycles. The summed E-state index contributed by atoms with van der Waals surface area (Å²) >= 11 is 0. The van der Waals surface area contributed by atoms with E-state index in [9.17, 15) is 0 Å². The highest BCUT2D eigenvalue weighted by molar-refractivity contribution is 5.77. The van der Waals surface area contributed by atoms with Gasteiger partial charge in [-0.2, -0.15) is 0 Å². The molecule has 0 aliphatic heterocycles. The third kappa shape index (κ3) is 2.17. The molecule has 1 heterocycles. The molecule has 2 heteroatoms. The number of hydrogen-bond acceptors (Lipinski definition) is 2. The molecule has 1 fully saturated rings. The lowest BCUT2D eigenvalue weighted by Gasteiger charge is -2.21. The van der Waals surface area contributed by atoms with E-state index in [-0.39, 0.29) is 0 Å². The smallest absolute Gasteiger partial charge is 0.134 e. The summed E-state index contributed by atoms with van der Waals surface area (Å²) < 4.78 is 5.91. The third-order valence-corrected chi connectivity index (χ3v) is 4.20. The fraction of sp³-hybridized carbons (Fsp3) is 0.500. The van der Waals surface area contributed by atoms with Crippen molar-refractivity contribution in [2.45, 2.75) is 45.2 Å². The van der Waals surface area contributed by atoms with Crippen molar-refractivity contribution >= 4 is 11.0 Å².